The molecule has 1 aliphatic rings. The summed E-state index contributed by atoms with van der Waals surface area (Å²) in [6.07, 6.45) is 0.0145. The van der Waals surface area contributed by atoms with Gasteiger partial charge in [0.15, 0.2) is 0 Å². The van der Waals surface area contributed by atoms with Crippen molar-refractivity contribution in [2.75, 3.05) is 16.8 Å². The summed E-state index contributed by atoms with van der Waals surface area (Å²) >= 11 is 5.99. The number of aryl methyl sites for hydroxylation is 1. The lowest BCUT2D eigenvalue weighted by Gasteiger charge is -2.19. The van der Waals surface area contributed by atoms with E-state index in [0.29, 0.717) is 16.8 Å². The summed E-state index contributed by atoms with van der Waals surface area (Å²) in [5, 5.41) is 2.91. The number of hydrogen-bond acceptors (Lipinski definition) is 2. The lowest BCUT2D eigenvalue weighted by molar-refractivity contribution is -0.122. The summed E-state index contributed by atoms with van der Waals surface area (Å²) in [4.78, 5) is 26.2. The first kappa shape index (κ1) is 17.4. The van der Waals surface area contributed by atoms with Gasteiger partial charge >= 0.3 is 0 Å². The molecule has 2 aromatic carbocycles. The zero-order chi connectivity index (χ0) is 18.1. The number of carbonyl (C=O) groups excluding carboxylic acids is 2. The molecule has 1 unspecified atom stereocenters. The molecular weight excluding hydrogens is 350 g/mol. The monoisotopic (exact) mass is 364 g/mol. The highest BCUT2D eigenvalue weighted by Gasteiger charge is 2.36. The fourth-order valence-electron chi connectivity index (χ4n) is 2.82. The standard InChI is InChI=1S/C18H15ClF2N2O2/c1-10-2-3-12(19)7-16(10)23-9-11(6-17(23)24)18(25)22-15-5-4-13(20)8-14(15)21/h2-5,7-8,11H,6,9H2,1H3,(H,22,25). The first-order chi connectivity index (χ1) is 11.8. The van der Waals surface area contributed by atoms with Crippen LogP contribution in [-0.2, 0) is 9.59 Å². The summed E-state index contributed by atoms with van der Waals surface area (Å²) in [5.41, 5.74) is 1.40. The molecule has 3 rings (SSSR count). The zero-order valence-electron chi connectivity index (χ0n) is 13.4. The number of anilines is 2. The van der Waals surface area contributed by atoms with Crippen molar-refractivity contribution in [3.63, 3.8) is 0 Å². The first-order valence-corrected chi connectivity index (χ1v) is 8.05. The van der Waals surface area contributed by atoms with E-state index in [1.165, 1.54) is 4.90 Å². The Bertz CT molecular complexity index is 857. The maximum absolute atomic E-state index is 13.7. The molecule has 2 aromatic rings. The Morgan fingerprint density at radius 3 is 2.72 bits per heavy atom. The van der Waals surface area contributed by atoms with E-state index in [-0.39, 0.29) is 24.6 Å². The second-order valence-corrected chi connectivity index (χ2v) is 6.39. The molecule has 0 aromatic heterocycles. The lowest BCUT2D eigenvalue weighted by Crippen LogP contribution is -2.28. The summed E-state index contributed by atoms with van der Waals surface area (Å²) in [5.74, 6) is -2.91. The molecule has 0 bridgehead atoms. The third kappa shape index (κ3) is 3.64. The Hall–Kier alpha value is -2.47. The molecule has 1 aliphatic heterocycles. The van der Waals surface area contributed by atoms with Gasteiger partial charge in [-0.15, -0.1) is 0 Å². The minimum Gasteiger partial charge on any atom is -0.323 e. The van der Waals surface area contributed by atoms with E-state index in [4.69, 9.17) is 11.6 Å². The number of carbonyl (C=O) groups is 2. The molecular formula is C18H15ClF2N2O2. The van der Waals surface area contributed by atoms with Gasteiger partial charge in [0.25, 0.3) is 0 Å². The van der Waals surface area contributed by atoms with Gasteiger partial charge in [-0.1, -0.05) is 17.7 Å². The minimum absolute atomic E-state index is 0.0145. The van der Waals surface area contributed by atoms with Crippen LogP contribution in [0.2, 0.25) is 5.02 Å². The van der Waals surface area contributed by atoms with Gasteiger partial charge in [0.1, 0.15) is 11.6 Å². The van der Waals surface area contributed by atoms with E-state index in [1.807, 2.05) is 6.92 Å². The largest absolute Gasteiger partial charge is 0.323 e. The quantitative estimate of drug-likeness (QED) is 0.897. The molecule has 1 heterocycles. The maximum atomic E-state index is 13.7. The number of halogens is 3. The molecule has 0 aliphatic carbocycles. The number of rotatable bonds is 3. The van der Waals surface area contributed by atoms with E-state index in [1.54, 1.807) is 18.2 Å². The lowest BCUT2D eigenvalue weighted by atomic mass is 10.1. The van der Waals surface area contributed by atoms with Crippen molar-refractivity contribution in [3.05, 3.63) is 58.6 Å². The highest BCUT2D eigenvalue weighted by molar-refractivity contribution is 6.31. The highest BCUT2D eigenvalue weighted by atomic mass is 35.5. The molecule has 2 amide bonds. The van der Waals surface area contributed by atoms with Crippen LogP contribution < -0.4 is 10.2 Å². The maximum Gasteiger partial charge on any atom is 0.229 e. The van der Waals surface area contributed by atoms with Crippen molar-refractivity contribution >= 4 is 34.8 Å². The van der Waals surface area contributed by atoms with Crippen LogP contribution in [0.5, 0.6) is 0 Å². The van der Waals surface area contributed by atoms with Crippen molar-refractivity contribution in [1.82, 2.24) is 0 Å². The van der Waals surface area contributed by atoms with Crippen LogP contribution in [0.1, 0.15) is 12.0 Å². The molecule has 0 spiro atoms. The molecule has 0 saturated carbocycles. The average molecular weight is 365 g/mol. The SMILES string of the molecule is Cc1ccc(Cl)cc1N1CC(C(=O)Nc2ccc(F)cc2F)CC1=O. The van der Waals surface area contributed by atoms with Crippen molar-refractivity contribution < 1.29 is 18.4 Å². The van der Waals surface area contributed by atoms with Crippen LogP contribution in [-0.4, -0.2) is 18.4 Å². The summed E-state index contributed by atoms with van der Waals surface area (Å²) in [7, 11) is 0. The van der Waals surface area contributed by atoms with E-state index in [9.17, 15) is 18.4 Å². The van der Waals surface area contributed by atoms with Gasteiger partial charge < -0.3 is 10.2 Å². The van der Waals surface area contributed by atoms with Crippen LogP contribution in [0.4, 0.5) is 20.2 Å². The van der Waals surface area contributed by atoms with E-state index >= 15 is 0 Å². The van der Waals surface area contributed by atoms with Gasteiger partial charge in [-0.2, -0.15) is 0 Å². The van der Waals surface area contributed by atoms with E-state index < -0.39 is 23.5 Å². The Labute approximate surface area is 148 Å². The predicted octanol–water partition coefficient (Wildman–Crippen LogP) is 3.92. The summed E-state index contributed by atoms with van der Waals surface area (Å²) < 4.78 is 26.6. The second-order valence-electron chi connectivity index (χ2n) is 5.95. The molecule has 1 atom stereocenters. The van der Waals surface area contributed by atoms with Crippen LogP contribution in [0.15, 0.2) is 36.4 Å². The Balaban J connectivity index is 1.75. The van der Waals surface area contributed by atoms with Crippen molar-refractivity contribution in [3.8, 4) is 0 Å². The van der Waals surface area contributed by atoms with Crippen LogP contribution >= 0.6 is 11.6 Å². The number of hydrogen-bond donors (Lipinski definition) is 1. The van der Waals surface area contributed by atoms with Gasteiger partial charge in [0.05, 0.1) is 11.6 Å². The van der Waals surface area contributed by atoms with Gasteiger partial charge in [-0.25, -0.2) is 8.78 Å². The fraction of sp³-hybridized carbons (Fsp3) is 0.222. The smallest absolute Gasteiger partial charge is 0.229 e. The summed E-state index contributed by atoms with van der Waals surface area (Å²) in [6.45, 7) is 2.02. The van der Waals surface area contributed by atoms with Gasteiger partial charge in [-0.05, 0) is 36.8 Å². The van der Waals surface area contributed by atoms with Crippen molar-refractivity contribution in [1.29, 1.82) is 0 Å². The predicted molar refractivity (Wildman–Crippen MR) is 91.6 cm³/mol. The van der Waals surface area contributed by atoms with Crippen molar-refractivity contribution in [2.24, 2.45) is 5.92 Å². The fourth-order valence-corrected chi connectivity index (χ4v) is 2.98. The number of nitrogens with zero attached hydrogens (tertiary/aromatic N) is 1. The summed E-state index contributed by atoms with van der Waals surface area (Å²) in [6, 6.07) is 8.10. The van der Waals surface area contributed by atoms with Gasteiger partial charge in [0, 0.05) is 29.7 Å². The van der Waals surface area contributed by atoms with Crippen LogP contribution in [0, 0.1) is 24.5 Å². The number of amides is 2. The van der Waals surface area contributed by atoms with E-state index in [2.05, 4.69) is 5.32 Å². The average Bonchev–Trinajstić information content (AvgIpc) is 2.94. The van der Waals surface area contributed by atoms with Gasteiger partial charge in [-0.3, -0.25) is 9.59 Å². The topological polar surface area (TPSA) is 49.4 Å². The minimum atomic E-state index is -0.861. The Kier molecular flexibility index (Phi) is 4.72. The molecule has 7 heteroatoms. The number of benzene rings is 2. The van der Waals surface area contributed by atoms with Crippen LogP contribution in [0.25, 0.3) is 0 Å². The third-order valence-corrected chi connectivity index (χ3v) is 4.38. The molecule has 130 valence electrons. The van der Waals surface area contributed by atoms with Gasteiger partial charge in [0.2, 0.25) is 11.8 Å². The normalized spacial score (nSPS) is 17.0. The molecule has 4 nitrogen and oxygen atoms in total. The number of nitrogens with one attached hydrogen (secondary N) is 1. The first-order valence-electron chi connectivity index (χ1n) is 7.67. The van der Waals surface area contributed by atoms with E-state index in [0.717, 1.165) is 17.7 Å². The highest BCUT2D eigenvalue weighted by Crippen LogP contribution is 2.30. The third-order valence-electron chi connectivity index (χ3n) is 4.15. The molecule has 25 heavy (non-hydrogen) atoms. The molecule has 1 fully saturated rings. The zero-order valence-corrected chi connectivity index (χ0v) is 14.1. The molecule has 1 saturated heterocycles. The Morgan fingerprint density at radius 1 is 1.24 bits per heavy atom. The Morgan fingerprint density at radius 2 is 2.00 bits per heavy atom. The molecule has 0 radical (unpaired) electrons. The van der Waals surface area contributed by atoms with Crippen molar-refractivity contribution in [2.45, 2.75) is 13.3 Å². The second kappa shape index (κ2) is 6.80. The van der Waals surface area contributed by atoms with Crippen LogP contribution in [0.3, 0.4) is 0 Å². The molecule has 1 N–H and O–H groups in total.